The van der Waals surface area contributed by atoms with Crippen LogP contribution in [0, 0.1) is 0 Å². The Labute approximate surface area is 172 Å². The number of esters is 1. The zero-order chi connectivity index (χ0) is 22.1. The van der Waals surface area contributed by atoms with Gasteiger partial charge < -0.3 is 15.4 Å². The SMILES string of the molecule is CC(=O)OC1N=C(c2ccc(NC(=O)C(F)(F)F)cc2)c2cc(Cl)ccc2NC1=O. The lowest BCUT2D eigenvalue weighted by Gasteiger charge is -2.12. The number of benzene rings is 2. The Kier molecular flexibility index (Phi) is 5.79. The molecule has 2 amide bonds. The fourth-order valence-corrected chi connectivity index (χ4v) is 2.81. The van der Waals surface area contributed by atoms with Crippen molar-refractivity contribution in [3.8, 4) is 0 Å². The molecule has 0 spiro atoms. The number of rotatable bonds is 3. The minimum Gasteiger partial charge on any atom is -0.430 e. The number of benzodiazepines with no additional fused rings is 1. The van der Waals surface area contributed by atoms with Crippen LogP contribution in [0.5, 0.6) is 0 Å². The number of hydrogen-bond acceptors (Lipinski definition) is 5. The third kappa shape index (κ3) is 4.77. The summed E-state index contributed by atoms with van der Waals surface area (Å²) in [6, 6.07) is 9.90. The summed E-state index contributed by atoms with van der Waals surface area (Å²) < 4.78 is 42.2. The van der Waals surface area contributed by atoms with Gasteiger partial charge in [-0.2, -0.15) is 13.2 Å². The topological polar surface area (TPSA) is 96.9 Å². The van der Waals surface area contributed by atoms with Gasteiger partial charge >= 0.3 is 18.1 Å². The molecule has 11 heteroatoms. The van der Waals surface area contributed by atoms with Gasteiger partial charge in [-0.1, -0.05) is 23.7 Å². The van der Waals surface area contributed by atoms with E-state index >= 15 is 0 Å². The molecule has 2 N–H and O–H groups in total. The van der Waals surface area contributed by atoms with E-state index in [1.54, 1.807) is 17.4 Å². The number of carbonyl (C=O) groups is 3. The van der Waals surface area contributed by atoms with Gasteiger partial charge in [-0.05, 0) is 30.3 Å². The van der Waals surface area contributed by atoms with Crippen molar-refractivity contribution in [2.24, 2.45) is 4.99 Å². The van der Waals surface area contributed by atoms with Crippen LogP contribution in [0.15, 0.2) is 47.5 Å². The first-order chi connectivity index (χ1) is 14.0. The number of amides is 2. The number of ether oxygens (including phenoxy) is 1. The highest BCUT2D eigenvalue weighted by Crippen LogP contribution is 2.28. The van der Waals surface area contributed by atoms with Gasteiger partial charge in [0.2, 0.25) is 0 Å². The molecule has 156 valence electrons. The summed E-state index contributed by atoms with van der Waals surface area (Å²) in [6.45, 7) is 1.12. The first kappa shape index (κ1) is 21.3. The Bertz CT molecular complexity index is 1050. The Hall–Kier alpha value is -3.40. The largest absolute Gasteiger partial charge is 0.471 e. The number of nitrogens with zero attached hydrogens (tertiary/aromatic N) is 1. The first-order valence-electron chi connectivity index (χ1n) is 8.39. The van der Waals surface area contributed by atoms with Crippen molar-refractivity contribution < 1.29 is 32.3 Å². The summed E-state index contributed by atoms with van der Waals surface area (Å²) in [6.07, 6.45) is -6.50. The zero-order valence-corrected chi connectivity index (χ0v) is 16.0. The summed E-state index contributed by atoms with van der Waals surface area (Å²) in [5.74, 6) is -3.52. The second-order valence-electron chi connectivity index (χ2n) is 6.15. The maximum Gasteiger partial charge on any atom is 0.471 e. The van der Waals surface area contributed by atoms with Gasteiger partial charge in [-0.15, -0.1) is 0 Å². The zero-order valence-electron chi connectivity index (χ0n) is 15.2. The molecule has 1 unspecified atom stereocenters. The summed E-state index contributed by atoms with van der Waals surface area (Å²) in [4.78, 5) is 39.0. The van der Waals surface area contributed by atoms with Gasteiger partial charge in [0.15, 0.2) is 0 Å². The molecule has 0 fully saturated rings. The minimum absolute atomic E-state index is 0.0904. The lowest BCUT2D eigenvalue weighted by molar-refractivity contribution is -0.167. The van der Waals surface area contributed by atoms with Gasteiger partial charge in [0.25, 0.3) is 12.1 Å². The third-order valence-electron chi connectivity index (χ3n) is 3.92. The molecule has 2 aromatic carbocycles. The van der Waals surface area contributed by atoms with Crippen molar-refractivity contribution in [1.29, 1.82) is 0 Å². The number of carbonyl (C=O) groups excluding carboxylic acids is 3. The van der Waals surface area contributed by atoms with E-state index in [4.69, 9.17) is 16.3 Å². The van der Waals surface area contributed by atoms with Crippen molar-refractivity contribution in [3.63, 3.8) is 0 Å². The van der Waals surface area contributed by atoms with Crippen LogP contribution in [-0.4, -0.2) is 35.9 Å². The van der Waals surface area contributed by atoms with Crippen LogP contribution in [0.2, 0.25) is 5.02 Å². The monoisotopic (exact) mass is 439 g/mol. The van der Waals surface area contributed by atoms with E-state index in [0.717, 1.165) is 6.92 Å². The lowest BCUT2D eigenvalue weighted by atomic mass is 10.0. The smallest absolute Gasteiger partial charge is 0.430 e. The maximum atomic E-state index is 12.4. The van der Waals surface area contributed by atoms with Gasteiger partial charge in [0.05, 0.1) is 11.4 Å². The number of hydrogen-bond donors (Lipinski definition) is 2. The van der Waals surface area contributed by atoms with Crippen LogP contribution in [-0.2, 0) is 19.1 Å². The van der Waals surface area contributed by atoms with E-state index in [1.807, 2.05) is 0 Å². The molecule has 0 aromatic heterocycles. The van der Waals surface area contributed by atoms with Crippen molar-refractivity contribution in [3.05, 3.63) is 58.6 Å². The lowest BCUT2D eigenvalue weighted by Crippen LogP contribution is -2.30. The molecule has 1 aliphatic heterocycles. The van der Waals surface area contributed by atoms with E-state index in [9.17, 15) is 27.6 Å². The number of fused-ring (bicyclic) bond motifs is 1. The highest BCUT2D eigenvalue weighted by Gasteiger charge is 2.38. The quantitative estimate of drug-likeness (QED) is 0.715. The van der Waals surface area contributed by atoms with E-state index in [0.29, 0.717) is 21.8 Å². The molecule has 0 saturated heterocycles. The summed E-state index contributed by atoms with van der Waals surface area (Å²) in [5.41, 5.74) is 1.28. The molecule has 0 radical (unpaired) electrons. The first-order valence-corrected chi connectivity index (χ1v) is 8.77. The number of aliphatic imine (C=N–C) groups is 1. The van der Waals surface area contributed by atoms with Crippen LogP contribution in [0.25, 0.3) is 0 Å². The molecule has 1 atom stereocenters. The van der Waals surface area contributed by atoms with E-state index in [-0.39, 0.29) is 11.4 Å². The van der Waals surface area contributed by atoms with Crippen LogP contribution >= 0.6 is 11.6 Å². The minimum atomic E-state index is -5.02. The van der Waals surface area contributed by atoms with Gasteiger partial charge in [0.1, 0.15) is 0 Å². The molecule has 0 bridgehead atoms. The predicted octanol–water partition coefficient (Wildman–Crippen LogP) is 3.52. The Morgan fingerprint density at radius 2 is 1.83 bits per heavy atom. The maximum absolute atomic E-state index is 12.4. The number of alkyl halides is 3. The molecule has 3 rings (SSSR count). The third-order valence-corrected chi connectivity index (χ3v) is 4.15. The van der Waals surface area contributed by atoms with Crippen LogP contribution in [0.3, 0.4) is 0 Å². The van der Waals surface area contributed by atoms with Crippen molar-refractivity contribution >= 4 is 46.5 Å². The average Bonchev–Trinajstić information content (AvgIpc) is 2.78. The predicted molar refractivity (Wildman–Crippen MR) is 102 cm³/mol. The number of anilines is 2. The van der Waals surface area contributed by atoms with Gasteiger partial charge in [-0.25, -0.2) is 4.99 Å². The molecular weight excluding hydrogens is 427 g/mol. The number of halogens is 4. The Morgan fingerprint density at radius 1 is 1.17 bits per heavy atom. The summed E-state index contributed by atoms with van der Waals surface area (Å²) in [7, 11) is 0. The highest BCUT2D eigenvalue weighted by molar-refractivity contribution is 6.32. The van der Waals surface area contributed by atoms with Crippen molar-refractivity contribution in [1.82, 2.24) is 0 Å². The molecule has 2 aromatic rings. The Balaban J connectivity index is 2.02. The molecule has 1 aliphatic rings. The average molecular weight is 440 g/mol. The summed E-state index contributed by atoms with van der Waals surface area (Å²) in [5, 5.41) is 4.66. The molecular formula is C19H13ClF3N3O4. The second-order valence-corrected chi connectivity index (χ2v) is 6.58. The van der Waals surface area contributed by atoms with Crippen molar-refractivity contribution in [2.45, 2.75) is 19.3 Å². The molecule has 7 nitrogen and oxygen atoms in total. The van der Waals surface area contributed by atoms with E-state index < -0.39 is 30.2 Å². The van der Waals surface area contributed by atoms with Crippen LogP contribution < -0.4 is 10.6 Å². The fourth-order valence-electron chi connectivity index (χ4n) is 2.64. The normalized spacial score (nSPS) is 16.0. The molecule has 0 aliphatic carbocycles. The van der Waals surface area contributed by atoms with E-state index in [2.05, 4.69) is 10.3 Å². The molecule has 1 heterocycles. The Morgan fingerprint density at radius 3 is 2.43 bits per heavy atom. The molecule has 30 heavy (non-hydrogen) atoms. The second kappa shape index (κ2) is 8.15. The highest BCUT2D eigenvalue weighted by atomic mass is 35.5. The molecule has 0 saturated carbocycles. The summed E-state index contributed by atoms with van der Waals surface area (Å²) >= 11 is 6.06. The van der Waals surface area contributed by atoms with Crippen molar-refractivity contribution in [2.75, 3.05) is 10.6 Å². The van der Waals surface area contributed by atoms with E-state index in [1.165, 1.54) is 30.3 Å². The van der Waals surface area contributed by atoms with Gasteiger partial charge in [-0.3, -0.25) is 14.4 Å². The standard InChI is InChI=1S/C19H13ClF3N3O4/c1-9(27)30-17-16(28)25-14-7-4-11(20)8-13(14)15(26-17)10-2-5-12(6-3-10)24-18(29)19(21,22)23/h2-8,17H,1H3,(H,24,29)(H,25,28). The fraction of sp³-hybridized carbons (Fsp3) is 0.158. The van der Waals surface area contributed by atoms with Gasteiger partial charge in [0, 0.05) is 28.8 Å². The van der Waals surface area contributed by atoms with Crippen LogP contribution in [0.1, 0.15) is 18.1 Å². The van der Waals surface area contributed by atoms with Crippen LogP contribution in [0.4, 0.5) is 24.5 Å². The number of nitrogens with one attached hydrogen (secondary N) is 2.